The molecule has 1 saturated heterocycles. The van der Waals surface area contributed by atoms with Crippen LogP contribution in [0.25, 0.3) is 0 Å². The van der Waals surface area contributed by atoms with Gasteiger partial charge in [0, 0.05) is 26.2 Å². The largest absolute Gasteiger partial charge is 0.493 e. The van der Waals surface area contributed by atoms with Gasteiger partial charge in [-0.05, 0) is 37.6 Å². The van der Waals surface area contributed by atoms with Crippen molar-refractivity contribution >= 4 is 12.0 Å². The number of carbonyl (C=O) groups is 2. The number of amides is 2. The van der Waals surface area contributed by atoms with Crippen LogP contribution in [0.2, 0.25) is 0 Å². The van der Waals surface area contributed by atoms with Gasteiger partial charge in [0.15, 0.2) is 11.5 Å². The number of piperazine rings is 1. The van der Waals surface area contributed by atoms with Gasteiger partial charge in [0.05, 0.1) is 27.4 Å². The van der Waals surface area contributed by atoms with Gasteiger partial charge in [-0.3, -0.25) is 4.79 Å². The van der Waals surface area contributed by atoms with Crippen molar-refractivity contribution in [2.24, 2.45) is 0 Å². The summed E-state index contributed by atoms with van der Waals surface area (Å²) in [7, 11) is 3.22. The summed E-state index contributed by atoms with van der Waals surface area (Å²) in [6, 6.07) is 5.80. The molecular weight excluding hydrogens is 350 g/mol. The molecule has 2 rings (SSSR count). The summed E-state index contributed by atoms with van der Waals surface area (Å²) in [4.78, 5) is 27.4. The zero-order valence-electron chi connectivity index (χ0n) is 16.3. The topological polar surface area (TPSA) is 80.3 Å². The summed E-state index contributed by atoms with van der Waals surface area (Å²) in [5.74, 6) is 1.45. The van der Waals surface area contributed by atoms with E-state index in [-0.39, 0.29) is 18.5 Å². The lowest BCUT2D eigenvalue weighted by Gasteiger charge is -2.34. The molecule has 0 unspecified atom stereocenters. The molecule has 1 aliphatic heterocycles. The fourth-order valence-corrected chi connectivity index (χ4v) is 2.93. The van der Waals surface area contributed by atoms with Crippen molar-refractivity contribution in [3.63, 3.8) is 0 Å². The van der Waals surface area contributed by atoms with Crippen LogP contribution in [0.15, 0.2) is 18.2 Å². The number of hydrogen-bond donors (Lipinski definition) is 1. The van der Waals surface area contributed by atoms with Crippen molar-refractivity contribution in [3.8, 4) is 11.5 Å². The Labute approximate surface area is 160 Å². The summed E-state index contributed by atoms with van der Waals surface area (Å²) in [5.41, 5.74) is 1.11. The first kappa shape index (κ1) is 20.8. The van der Waals surface area contributed by atoms with Gasteiger partial charge in [-0.2, -0.15) is 0 Å². The Bertz CT molecular complexity index is 630. The van der Waals surface area contributed by atoms with Crippen LogP contribution in [-0.4, -0.2) is 81.9 Å². The van der Waals surface area contributed by atoms with Crippen LogP contribution in [0.5, 0.6) is 11.5 Å². The van der Waals surface area contributed by atoms with Gasteiger partial charge in [0.25, 0.3) is 0 Å². The van der Waals surface area contributed by atoms with Crippen LogP contribution in [0, 0.1) is 0 Å². The number of carbonyl (C=O) groups excluding carboxylic acids is 2. The molecule has 8 nitrogen and oxygen atoms in total. The molecule has 8 heteroatoms. The molecular formula is C19H29N3O5. The highest BCUT2D eigenvalue weighted by Crippen LogP contribution is 2.27. The summed E-state index contributed by atoms with van der Waals surface area (Å²) >= 11 is 0. The molecule has 0 bridgehead atoms. The number of methoxy groups -OCH3 is 2. The average molecular weight is 379 g/mol. The Morgan fingerprint density at radius 3 is 2.33 bits per heavy atom. The molecule has 1 heterocycles. The van der Waals surface area contributed by atoms with Gasteiger partial charge in [-0.25, -0.2) is 4.79 Å². The van der Waals surface area contributed by atoms with E-state index in [2.05, 4.69) is 5.32 Å². The van der Waals surface area contributed by atoms with Crippen LogP contribution in [0.3, 0.4) is 0 Å². The number of ether oxygens (including phenoxy) is 3. The van der Waals surface area contributed by atoms with E-state index in [1.165, 1.54) is 0 Å². The van der Waals surface area contributed by atoms with Crippen LogP contribution in [0.4, 0.5) is 4.79 Å². The van der Waals surface area contributed by atoms with Gasteiger partial charge >= 0.3 is 6.09 Å². The maximum Gasteiger partial charge on any atom is 0.409 e. The Balaban J connectivity index is 1.69. The van der Waals surface area contributed by atoms with Gasteiger partial charge < -0.3 is 29.3 Å². The fraction of sp³-hybridized carbons (Fsp3) is 0.579. The minimum atomic E-state index is -0.308. The van der Waals surface area contributed by atoms with Gasteiger partial charge in [0.2, 0.25) is 5.91 Å². The van der Waals surface area contributed by atoms with E-state index in [1.807, 2.05) is 18.2 Å². The third-order valence-electron chi connectivity index (χ3n) is 4.47. The molecule has 27 heavy (non-hydrogen) atoms. The van der Waals surface area contributed by atoms with E-state index < -0.39 is 0 Å². The van der Waals surface area contributed by atoms with E-state index in [0.717, 1.165) is 12.0 Å². The molecule has 1 aromatic rings. The summed E-state index contributed by atoms with van der Waals surface area (Å²) in [6.45, 7) is 5.21. The van der Waals surface area contributed by atoms with E-state index in [9.17, 15) is 9.59 Å². The highest BCUT2D eigenvalue weighted by molar-refractivity contribution is 5.78. The molecule has 0 radical (unpaired) electrons. The van der Waals surface area contributed by atoms with E-state index in [4.69, 9.17) is 14.2 Å². The lowest BCUT2D eigenvalue weighted by atomic mass is 10.1. The Kier molecular flexibility index (Phi) is 8.19. The molecule has 0 atom stereocenters. The Morgan fingerprint density at radius 2 is 1.70 bits per heavy atom. The minimum absolute atomic E-state index is 0.0471. The first-order valence-electron chi connectivity index (χ1n) is 9.20. The fourth-order valence-electron chi connectivity index (χ4n) is 2.93. The Hall–Kier alpha value is -2.48. The number of hydrogen-bond acceptors (Lipinski definition) is 6. The molecule has 1 aromatic carbocycles. The number of rotatable bonds is 8. The van der Waals surface area contributed by atoms with Gasteiger partial charge in [0.1, 0.15) is 0 Å². The molecule has 0 aromatic heterocycles. The number of benzene rings is 1. The third-order valence-corrected chi connectivity index (χ3v) is 4.47. The number of nitrogens with one attached hydrogen (secondary N) is 1. The van der Waals surface area contributed by atoms with Crippen molar-refractivity contribution in [2.75, 3.05) is 60.1 Å². The van der Waals surface area contributed by atoms with Crippen molar-refractivity contribution in [1.82, 2.24) is 15.1 Å². The van der Waals surface area contributed by atoms with Crippen molar-refractivity contribution in [3.05, 3.63) is 23.8 Å². The highest BCUT2D eigenvalue weighted by atomic mass is 16.6. The van der Waals surface area contributed by atoms with Crippen molar-refractivity contribution in [1.29, 1.82) is 0 Å². The normalized spacial score (nSPS) is 14.0. The second kappa shape index (κ2) is 10.6. The first-order valence-corrected chi connectivity index (χ1v) is 9.20. The predicted octanol–water partition coefficient (Wildman–Crippen LogP) is 1.14. The second-order valence-corrected chi connectivity index (χ2v) is 6.18. The molecule has 150 valence electrons. The van der Waals surface area contributed by atoms with Crippen molar-refractivity contribution in [2.45, 2.75) is 13.3 Å². The van der Waals surface area contributed by atoms with Crippen LogP contribution in [0.1, 0.15) is 12.5 Å². The van der Waals surface area contributed by atoms with E-state index in [0.29, 0.717) is 50.8 Å². The average Bonchev–Trinajstić information content (AvgIpc) is 2.71. The van der Waals surface area contributed by atoms with Crippen LogP contribution in [-0.2, 0) is 16.0 Å². The monoisotopic (exact) mass is 379 g/mol. The molecule has 0 saturated carbocycles. The summed E-state index contributed by atoms with van der Waals surface area (Å²) in [5, 5.41) is 3.18. The van der Waals surface area contributed by atoms with E-state index in [1.54, 1.807) is 30.9 Å². The second-order valence-electron chi connectivity index (χ2n) is 6.18. The zero-order chi connectivity index (χ0) is 19.6. The quantitative estimate of drug-likeness (QED) is 0.682. The van der Waals surface area contributed by atoms with Crippen LogP contribution >= 0.6 is 0 Å². The minimum Gasteiger partial charge on any atom is -0.493 e. The summed E-state index contributed by atoms with van der Waals surface area (Å²) < 4.78 is 15.5. The molecule has 1 N–H and O–H groups in total. The predicted molar refractivity (Wildman–Crippen MR) is 101 cm³/mol. The standard InChI is InChI=1S/C19H29N3O5/c1-4-27-19(24)22-11-9-21(10-12-22)18(23)14-20-8-7-15-5-6-16(25-2)17(13-15)26-3/h5-6,13,20H,4,7-12,14H2,1-3H3. The third kappa shape index (κ3) is 6.02. The van der Waals surface area contributed by atoms with Crippen molar-refractivity contribution < 1.29 is 23.8 Å². The maximum absolute atomic E-state index is 12.3. The van der Waals surface area contributed by atoms with Gasteiger partial charge in [-0.1, -0.05) is 6.07 Å². The molecule has 1 fully saturated rings. The Morgan fingerprint density at radius 1 is 1.04 bits per heavy atom. The molecule has 2 amide bonds. The smallest absolute Gasteiger partial charge is 0.409 e. The van der Waals surface area contributed by atoms with Crippen LogP contribution < -0.4 is 14.8 Å². The number of nitrogens with zero attached hydrogens (tertiary/aromatic N) is 2. The van der Waals surface area contributed by atoms with Gasteiger partial charge in [-0.15, -0.1) is 0 Å². The zero-order valence-corrected chi connectivity index (χ0v) is 16.3. The highest BCUT2D eigenvalue weighted by Gasteiger charge is 2.24. The maximum atomic E-state index is 12.3. The SMILES string of the molecule is CCOC(=O)N1CCN(C(=O)CNCCc2ccc(OC)c(OC)c2)CC1. The first-order chi connectivity index (χ1) is 13.1. The molecule has 0 aliphatic carbocycles. The summed E-state index contributed by atoms with van der Waals surface area (Å²) in [6.07, 6.45) is 0.474. The lowest BCUT2D eigenvalue weighted by molar-refractivity contribution is -0.131. The molecule has 0 spiro atoms. The lowest BCUT2D eigenvalue weighted by Crippen LogP contribution is -2.52. The van der Waals surface area contributed by atoms with E-state index >= 15 is 0 Å². The molecule has 1 aliphatic rings.